The van der Waals surface area contributed by atoms with Gasteiger partial charge in [-0.05, 0) is 37.4 Å². The molecule has 26 heavy (non-hydrogen) atoms. The third-order valence-electron chi connectivity index (χ3n) is 4.69. The number of halogens is 1. The molecule has 2 rings (SSSR count). The van der Waals surface area contributed by atoms with Crippen LogP contribution >= 0.6 is 24.0 Å². The fourth-order valence-corrected chi connectivity index (χ4v) is 3.29. The van der Waals surface area contributed by atoms with Crippen LogP contribution in [0.4, 0.5) is 0 Å². The predicted molar refractivity (Wildman–Crippen MR) is 118 cm³/mol. The monoisotopic (exact) mass is 476 g/mol. The molecule has 1 atom stereocenters. The highest BCUT2D eigenvalue weighted by Gasteiger charge is 2.23. The van der Waals surface area contributed by atoms with E-state index in [1.54, 1.807) is 14.2 Å². The van der Waals surface area contributed by atoms with E-state index in [1.807, 2.05) is 25.2 Å². The van der Waals surface area contributed by atoms with Crippen molar-refractivity contribution >= 4 is 29.9 Å². The van der Waals surface area contributed by atoms with Crippen molar-refractivity contribution in [1.82, 2.24) is 15.5 Å². The van der Waals surface area contributed by atoms with Crippen LogP contribution in [0.25, 0.3) is 0 Å². The first-order valence-electron chi connectivity index (χ1n) is 9.08. The predicted octanol–water partition coefficient (Wildman–Crippen LogP) is 2.13. The van der Waals surface area contributed by atoms with Crippen LogP contribution in [0.15, 0.2) is 29.3 Å². The summed E-state index contributed by atoms with van der Waals surface area (Å²) >= 11 is 0. The van der Waals surface area contributed by atoms with Crippen LogP contribution in [0.2, 0.25) is 0 Å². The molecule has 0 spiro atoms. The summed E-state index contributed by atoms with van der Waals surface area (Å²) in [6.07, 6.45) is 3.39. The average molecular weight is 476 g/mol. The van der Waals surface area contributed by atoms with Gasteiger partial charge in [-0.1, -0.05) is 18.2 Å². The standard InChI is InChI=1S/C19H32N4O2.HI/c1-20-19(21-11-10-16-7-4-5-9-18(16)25-3)22-15-17-8-6-12-23(17)13-14-24-2;/h4-5,7,9,17H,6,8,10-15H2,1-3H3,(H2,20,21,22);1H. The maximum absolute atomic E-state index is 5.40. The van der Waals surface area contributed by atoms with E-state index in [0.29, 0.717) is 6.04 Å². The van der Waals surface area contributed by atoms with Crippen LogP contribution in [0.5, 0.6) is 5.75 Å². The maximum atomic E-state index is 5.40. The quantitative estimate of drug-likeness (QED) is 0.325. The van der Waals surface area contributed by atoms with Crippen molar-refractivity contribution in [2.45, 2.75) is 25.3 Å². The molecule has 1 unspecified atom stereocenters. The van der Waals surface area contributed by atoms with E-state index in [9.17, 15) is 0 Å². The largest absolute Gasteiger partial charge is 0.496 e. The van der Waals surface area contributed by atoms with E-state index in [2.05, 4.69) is 26.6 Å². The molecular formula is C19H33IN4O2. The minimum Gasteiger partial charge on any atom is -0.496 e. The average Bonchev–Trinajstić information content (AvgIpc) is 3.10. The number of para-hydroxylation sites is 1. The van der Waals surface area contributed by atoms with Gasteiger partial charge in [0.05, 0.1) is 13.7 Å². The molecule has 0 bridgehead atoms. The van der Waals surface area contributed by atoms with Gasteiger partial charge in [-0.3, -0.25) is 9.89 Å². The second-order valence-corrected chi connectivity index (χ2v) is 6.27. The number of aliphatic imine (C=N–C) groups is 1. The summed E-state index contributed by atoms with van der Waals surface area (Å²) < 4.78 is 10.6. The van der Waals surface area contributed by atoms with Crippen molar-refractivity contribution in [3.05, 3.63) is 29.8 Å². The van der Waals surface area contributed by atoms with Gasteiger partial charge in [-0.2, -0.15) is 0 Å². The zero-order valence-corrected chi connectivity index (χ0v) is 18.5. The molecule has 0 aliphatic carbocycles. The summed E-state index contributed by atoms with van der Waals surface area (Å²) in [5, 5.41) is 6.85. The first-order chi connectivity index (χ1) is 12.3. The molecule has 1 aliphatic heterocycles. The Labute approximate surface area is 174 Å². The van der Waals surface area contributed by atoms with Crippen molar-refractivity contribution in [3.63, 3.8) is 0 Å². The summed E-state index contributed by atoms with van der Waals surface area (Å²) in [6, 6.07) is 8.69. The molecule has 148 valence electrons. The number of hydrogen-bond donors (Lipinski definition) is 2. The smallest absolute Gasteiger partial charge is 0.191 e. The van der Waals surface area contributed by atoms with Gasteiger partial charge in [-0.25, -0.2) is 0 Å². The number of likely N-dealkylation sites (tertiary alicyclic amines) is 1. The normalized spacial score (nSPS) is 17.7. The lowest BCUT2D eigenvalue weighted by molar-refractivity contribution is 0.141. The third kappa shape index (κ3) is 7.28. The van der Waals surface area contributed by atoms with Crippen LogP contribution < -0.4 is 15.4 Å². The van der Waals surface area contributed by atoms with E-state index >= 15 is 0 Å². The highest BCUT2D eigenvalue weighted by Crippen LogP contribution is 2.17. The Hall–Kier alpha value is -1.06. The van der Waals surface area contributed by atoms with Crippen molar-refractivity contribution in [2.24, 2.45) is 4.99 Å². The van der Waals surface area contributed by atoms with Crippen LogP contribution in [0, 0.1) is 0 Å². The Bertz CT molecular complexity index is 542. The Morgan fingerprint density at radius 3 is 2.81 bits per heavy atom. The minimum absolute atomic E-state index is 0. The molecule has 1 aliphatic rings. The highest BCUT2D eigenvalue weighted by molar-refractivity contribution is 14.0. The van der Waals surface area contributed by atoms with Gasteiger partial charge in [0, 0.05) is 39.8 Å². The number of guanidine groups is 1. The van der Waals surface area contributed by atoms with Crippen molar-refractivity contribution in [3.8, 4) is 5.75 Å². The molecule has 1 saturated heterocycles. The molecule has 1 aromatic rings. The van der Waals surface area contributed by atoms with Crippen LogP contribution in [0.1, 0.15) is 18.4 Å². The summed E-state index contributed by atoms with van der Waals surface area (Å²) in [7, 11) is 5.29. The number of nitrogens with zero attached hydrogens (tertiary/aromatic N) is 2. The molecule has 1 fully saturated rings. The Balaban J connectivity index is 0.00000338. The summed E-state index contributed by atoms with van der Waals surface area (Å²) in [6.45, 7) is 4.69. The summed E-state index contributed by atoms with van der Waals surface area (Å²) in [5.74, 6) is 1.79. The van der Waals surface area contributed by atoms with Crippen molar-refractivity contribution < 1.29 is 9.47 Å². The SMILES string of the molecule is CN=C(NCCc1ccccc1OC)NCC1CCCN1CCOC.I. The fraction of sp³-hybridized carbons (Fsp3) is 0.632. The lowest BCUT2D eigenvalue weighted by atomic mass is 10.1. The summed E-state index contributed by atoms with van der Waals surface area (Å²) in [4.78, 5) is 6.83. The van der Waals surface area contributed by atoms with Crippen LogP contribution in [-0.4, -0.2) is 71.0 Å². The molecule has 0 radical (unpaired) electrons. The first-order valence-corrected chi connectivity index (χ1v) is 9.08. The van der Waals surface area contributed by atoms with Crippen LogP contribution in [0.3, 0.4) is 0 Å². The number of hydrogen-bond acceptors (Lipinski definition) is 4. The van der Waals surface area contributed by atoms with Crippen LogP contribution in [-0.2, 0) is 11.2 Å². The number of ether oxygens (including phenoxy) is 2. The van der Waals surface area contributed by atoms with E-state index in [4.69, 9.17) is 9.47 Å². The van der Waals surface area contributed by atoms with Gasteiger partial charge in [0.25, 0.3) is 0 Å². The van der Waals surface area contributed by atoms with E-state index < -0.39 is 0 Å². The molecule has 0 aromatic heterocycles. The maximum Gasteiger partial charge on any atom is 0.191 e. The lowest BCUT2D eigenvalue weighted by Crippen LogP contribution is -2.45. The molecular weight excluding hydrogens is 443 g/mol. The molecule has 1 heterocycles. The van der Waals surface area contributed by atoms with Gasteiger partial charge in [0.2, 0.25) is 0 Å². The third-order valence-corrected chi connectivity index (χ3v) is 4.69. The first kappa shape index (κ1) is 23.0. The molecule has 0 amide bonds. The molecule has 0 saturated carbocycles. The number of nitrogens with one attached hydrogen (secondary N) is 2. The van der Waals surface area contributed by atoms with Crippen molar-refractivity contribution in [2.75, 3.05) is 54.1 Å². The number of benzene rings is 1. The number of methoxy groups -OCH3 is 2. The van der Waals surface area contributed by atoms with Gasteiger partial charge < -0.3 is 20.1 Å². The van der Waals surface area contributed by atoms with E-state index in [1.165, 1.54) is 18.4 Å². The molecule has 7 heteroatoms. The lowest BCUT2D eigenvalue weighted by Gasteiger charge is -2.25. The second-order valence-electron chi connectivity index (χ2n) is 6.27. The second kappa shape index (κ2) is 13.2. The van der Waals surface area contributed by atoms with Gasteiger partial charge in [-0.15, -0.1) is 24.0 Å². The number of rotatable bonds is 9. The molecule has 1 aromatic carbocycles. The molecule has 2 N–H and O–H groups in total. The zero-order valence-electron chi connectivity index (χ0n) is 16.2. The van der Waals surface area contributed by atoms with Gasteiger partial charge in [0.1, 0.15) is 5.75 Å². The van der Waals surface area contributed by atoms with Gasteiger partial charge in [0.15, 0.2) is 5.96 Å². The Morgan fingerprint density at radius 1 is 1.27 bits per heavy atom. The Kier molecular flexibility index (Phi) is 11.6. The fourth-order valence-electron chi connectivity index (χ4n) is 3.29. The van der Waals surface area contributed by atoms with E-state index in [0.717, 1.165) is 50.9 Å². The molecule has 6 nitrogen and oxygen atoms in total. The summed E-state index contributed by atoms with van der Waals surface area (Å²) in [5.41, 5.74) is 1.20. The van der Waals surface area contributed by atoms with Gasteiger partial charge >= 0.3 is 0 Å². The highest BCUT2D eigenvalue weighted by atomic mass is 127. The minimum atomic E-state index is 0. The van der Waals surface area contributed by atoms with E-state index in [-0.39, 0.29) is 24.0 Å². The topological polar surface area (TPSA) is 58.1 Å². The Morgan fingerprint density at radius 2 is 2.08 bits per heavy atom. The van der Waals surface area contributed by atoms with Crippen molar-refractivity contribution in [1.29, 1.82) is 0 Å². The zero-order chi connectivity index (χ0) is 17.9.